The predicted octanol–water partition coefficient (Wildman–Crippen LogP) is 1.76. The Kier molecular flexibility index (Phi) is 8.53. The van der Waals surface area contributed by atoms with E-state index in [1.54, 1.807) is 0 Å². The van der Waals surface area contributed by atoms with Gasteiger partial charge < -0.3 is 19.1 Å². The van der Waals surface area contributed by atoms with Gasteiger partial charge in [0.2, 0.25) is 0 Å². The number of esters is 1. The third kappa shape index (κ3) is 6.52. The zero-order valence-corrected chi connectivity index (χ0v) is 13.8. The molecular formula is C15H19ClFNO5. The molecule has 128 valence electrons. The van der Waals surface area contributed by atoms with E-state index in [2.05, 4.69) is 0 Å². The Morgan fingerprint density at radius 2 is 1.78 bits per heavy atom. The number of carbonyl (C=O) groups is 2. The molecule has 0 saturated heterocycles. The van der Waals surface area contributed by atoms with Gasteiger partial charge in [-0.05, 0) is 18.2 Å². The lowest BCUT2D eigenvalue weighted by Gasteiger charge is -2.21. The van der Waals surface area contributed by atoms with Crippen molar-refractivity contribution >= 4 is 23.5 Å². The summed E-state index contributed by atoms with van der Waals surface area (Å²) >= 11 is 5.77. The molecule has 0 aliphatic heterocycles. The van der Waals surface area contributed by atoms with E-state index in [1.165, 1.54) is 25.2 Å². The summed E-state index contributed by atoms with van der Waals surface area (Å²) in [6, 6.07) is 3.30. The first-order valence-electron chi connectivity index (χ1n) is 6.87. The summed E-state index contributed by atoms with van der Waals surface area (Å²) in [5.41, 5.74) is 0.00111. The van der Waals surface area contributed by atoms with Crippen molar-refractivity contribution in [2.75, 3.05) is 47.1 Å². The fourth-order valence-electron chi connectivity index (χ4n) is 1.72. The molecule has 0 spiro atoms. The Bertz CT molecular complexity index is 533. The van der Waals surface area contributed by atoms with Crippen molar-refractivity contribution in [2.24, 2.45) is 0 Å². The van der Waals surface area contributed by atoms with Crippen LogP contribution in [0.3, 0.4) is 0 Å². The lowest BCUT2D eigenvalue weighted by molar-refractivity contribution is -0.135. The molecule has 0 N–H and O–H groups in total. The smallest absolute Gasteiger partial charge is 0.340 e. The Morgan fingerprint density at radius 1 is 1.17 bits per heavy atom. The second kappa shape index (κ2) is 10.1. The Balaban J connectivity index is 2.59. The maximum Gasteiger partial charge on any atom is 0.340 e. The van der Waals surface area contributed by atoms with E-state index in [9.17, 15) is 14.0 Å². The normalized spacial score (nSPS) is 10.4. The standard InChI is InChI=1S/C15H19ClFNO5/c1-21-7-5-18(6-8-22-2)14(19)10-23-15(20)12-4-3-11(17)9-13(12)16/h3-4,9H,5-8,10H2,1-2H3. The number of rotatable bonds is 9. The second-order valence-corrected chi connectivity index (χ2v) is 4.97. The summed E-state index contributed by atoms with van der Waals surface area (Å²) in [7, 11) is 3.05. The number of halogens is 2. The second-order valence-electron chi connectivity index (χ2n) is 4.57. The van der Waals surface area contributed by atoms with Gasteiger partial charge in [-0.2, -0.15) is 0 Å². The topological polar surface area (TPSA) is 65.1 Å². The van der Waals surface area contributed by atoms with Crippen LogP contribution in [-0.4, -0.2) is 63.9 Å². The van der Waals surface area contributed by atoms with Crippen LogP contribution in [-0.2, 0) is 19.0 Å². The van der Waals surface area contributed by atoms with Gasteiger partial charge in [-0.1, -0.05) is 11.6 Å². The highest BCUT2D eigenvalue weighted by Gasteiger charge is 2.18. The van der Waals surface area contributed by atoms with Crippen LogP contribution in [0.4, 0.5) is 4.39 Å². The number of hydrogen-bond donors (Lipinski definition) is 0. The number of benzene rings is 1. The maximum atomic E-state index is 12.9. The van der Waals surface area contributed by atoms with Gasteiger partial charge in [0.1, 0.15) is 5.82 Å². The molecule has 23 heavy (non-hydrogen) atoms. The SMILES string of the molecule is COCCN(CCOC)C(=O)COC(=O)c1ccc(F)cc1Cl. The van der Waals surface area contributed by atoms with E-state index in [-0.39, 0.29) is 16.5 Å². The van der Waals surface area contributed by atoms with E-state index >= 15 is 0 Å². The van der Waals surface area contributed by atoms with Crippen LogP contribution in [0.15, 0.2) is 18.2 Å². The third-order valence-corrected chi connectivity index (χ3v) is 3.27. The maximum absolute atomic E-state index is 12.9. The number of ether oxygens (including phenoxy) is 3. The summed E-state index contributed by atoms with van der Waals surface area (Å²) in [5, 5.41) is -0.0712. The van der Waals surface area contributed by atoms with Gasteiger partial charge in [0.15, 0.2) is 6.61 Å². The average Bonchev–Trinajstić information content (AvgIpc) is 2.52. The lowest BCUT2D eigenvalue weighted by atomic mass is 10.2. The quantitative estimate of drug-likeness (QED) is 0.637. The van der Waals surface area contributed by atoms with Gasteiger partial charge in [-0.15, -0.1) is 0 Å². The summed E-state index contributed by atoms with van der Waals surface area (Å²) < 4.78 is 27.7. The molecule has 0 fully saturated rings. The van der Waals surface area contributed by atoms with Crippen LogP contribution < -0.4 is 0 Å². The minimum atomic E-state index is -0.790. The molecule has 0 aromatic heterocycles. The summed E-state index contributed by atoms with van der Waals surface area (Å²) in [6.45, 7) is 0.974. The Labute approximate surface area is 139 Å². The number of amides is 1. The van der Waals surface area contributed by atoms with E-state index in [4.69, 9.17) is 25.8 Å². The van der Waals surface area contributed by atoms with Crippen LogP contribution in [0.2, 0.25) is 5.02 Å². The summed E-state index contributed by atoms with van der Waals surface area (Å²) in [4.78, 5) is 25.4. The van der Waals surface area contributed by atoms with Gasteiger partial charge in [0.25, 0.3) is 5.91 Å². The first kappa shape index (κ1) is 19.3. The number of methoxy groups -OCH3 is 2. The molecule has 0 heterocycles. The van der Waals surface area contributed by atoms with Crippen molar-refractivity contribution in [3.8, 4) is 0 Å². The molecule has 8 heteroatoms. The zero-order chi connectivity index (χ0) is 17.2. The minimum Gasteiger partial charge on any atom is -0.452 e. The molecule has 0 aliphatic rings. The van der Waals surface area contributed by atoms with E-state index in [0.29, 0.717) is 26.3 Å². The lowest BCUT2D eigenvalue weighted by Crippen LogP contribution is -2.39. The van der Waals surface area contributed by atoms with Crippen molar-refractivity contribution in [1.82, 2.24) is 4.90 Å². The highest BCUT2D eigenvalue weighted by molar-refractivity contribution is 6.33. The molecule has 6 nitrogen and oxygen atoms in total. The zero-order valence-electron chi connectivity index (χ0n) is 13.0. The molecule has 1 rings (SSSR count). The van der Waals surface area contributed by atoms with E-state index < -0.39 is 18.4 Å². The highest BCUT2D eigenvalue weighted by atomic mass is 35.5. The minimum absolute atomic E-state index is 0.00111. The Hall–Kier alpha value is -1.70. The van der Waals surface area contributed by atoms with E-state index in [1.807, 2.05) is 0 Å². The fraction of sp³-hybridized carbons (Fsp3) is 0.467. The highest BCUT2D eigenvalue weighted by Crippen LogP contribution is 2.18. The van der Waals surface area contributed by atoms with Crippen LogP contribution in [0.25, 0.3) is 0 Å². The molecular weight excluding hydrogens is 329 g/mol. The van der Waals surface area contributed by atoms with Crippen LogP contribution >= 0.6 is 11.6 Å². The predicted molar refractivity (Wildman–Crippen MR) is 82.0 cm³/mol. The molecule has 0 bridgehead atoms. The number of carbonyl (C=O) groups excluding carboxylic acids is 2. The van der Waals surface area contributed by atoms with Crippen molar-refractivity contribution < 1.29 is 28.2 Å². The van der Waals surface area contributed by atoms with Gasteiger partial charge in [-0.25, -0.2) is 9.18 Å². The summed E-state index contributed by atoms with van der Waals surface area (Å²) in [5.74, 6) is -1.74. The van der Waals surface area contributed by atoms with Crippen LogP contribution in [0, 0.1) is 5.82 Å². The van der Waals surface area contributed by atoms with Gasteiger partial charge in [-0.3, -0.25) is 4.79 Å². The molecule has 0 aliphatic carbocycles. The summed E-state index contributed by atoms with van der Waals surface area (Å²) in [6.07, 6.45) is 0. The molecule has 0 radical (unpaired) electrons. The average molecular weight is 348 g/mol. The van der Waals surface area contributed by atoms with E-state index in [0.717, 1.165) is 12.1 Å². The van der Waals surface area contributed by atoms with Crippen molar-refractivity contribution in [1.29, 1.82) is 0 Å². The fourth-order valence-corrected chi connectivity index (χ4v) is 1.96. The van der Waals surface area contributed by atoms with Crippen molar-refractivity contribution in [3.05, 3.63) is 34.6 Å². The molecule has 1 aromatic carbocycles. The monoisotopic (exact) mass is 347 g/mol. The molecule has 0 atom stereocenters. The third-order valence-electron chi connectivity index (χ3n) is 2.96. The van der Waals surface area contributed by atoms with Crippen LogP contribution in [0.5, 0.6) is 0 Å². The largest absolute Gasteiger partial charge is 0.452 e. The van der Waals surface area contributed by atoms with Gasteiger partial charge >= 0.3 is 5.97 Å². The van der Waals surface area contributed by atoms with Crippen LogP contribution in [0.1, 0.15) is 10.4 Å². The van der Waals surface area contributed by atoms with Crippen molar-refractivity contribution in [3.63, 3.8) is 0 Å². The number of hydrogen-bond acceptors (Lipinski definition) is 5. The Morgan fingerprint density at radius 3 is 2.30 bits per heavy atom. The molecule has 0 unspecified atom stereocenters. The molecule has 1 aromatic rings. The van der Waals surface area contributed by atoms with Gasteiger partial charge in [0.05, 0.1) is 23.8 Å². The van der Waals surface area contributed by atoms with Crippen molar-refractivity contribution in [2.45, 2.75) is 0 Å². The molecule has 1 amide bonds. The first-order valence-corrected chi connectivity index (χ1v) is 7.25. The molecule has 0 saturated carbocycles. The first-order chi connectivity index (χ1) is 11.0. The number of nitrogens with zero attached hydrogens (tertiary/aromatic N) is 1. The van der Waals surface area contributed by atoms with Gasteiger partial charge in [0, 0.05) is 27.3 Å².